The maximum atomic E-state index is 12.2. The van der Waals surface area contributed by atoms with E-state index in [1.54, 1.807) is 16.5 Å². The number of aromatic nitrogens is 4. The van der Waals surface area contributed by atoms with Crippen LogP contribution in [0.2, 0.25) is 0 Å². The zero-order chi connectivity index (χ0) is 21.6. The standard InChI is InChI=1S/C21H24N6O3/c1-13-17(14-6-18(29-5)19-15(7-22)8-23-27(19)9-14)12-26(24-13)16-10-25(11-16)20(28)30-21(2,3)4/h6,8-9,12,16H,10-11H2,1-5H3. The highest BCUT2D eigenvalue weighted by Crippen LogP contribution is 2.32. The summed E-state index contributed by atoms with van der Waals surface area (Å²) in [6.07, 6.45) is 5.06. The minimum atomic E-state index is -0.507. The van der Waals surface area contributed by atoms with Crippen molar-refractivity contribution in [3.63, 3.8) is 0 Å². The van der Waals surface area contributed by atoms with Crippen molar-refractivity contribution in [2.75, 3.05) is 20.2 Å². The van der Waals surface area contributed by atoms with Gasteiger partial charge in [0.25, 0.3) is 0 Å². The van der Waals surface area contributed by atoms with E-state index in [0.717, 1.165) is 16.8 Å². The Morgan fingerprint density at radius 3 is 2.67 bits per heavy atom. The lowest BCUT2D eigenvalue weighted by Gasteiger charge is -2.39. The highest BCUT2D eigenvalue weighted by Gasteiger charge is 2.35. The summed E-state index contributed by atoms with van der Waals surface area (Å²) >= 11 is 0. The average molecular weight is 408 g/mol. The topological polar surface area (TPSA) is 97.7 Å². The van der Waals surface area contributed by atoms with Crippen LogP contribution in [-0.4, -0.2) is 56.2 Å². The molecule has 3 aromatic heterocycles. The van der Waals surface area contributed by atoms with E-state index in [4.69, 9.17) is 9.47 Å². The van der Waals surface area contributed by atoms with Gasteiger partial charge in [-0.2, -0.15) is 15.5 Å². The lowest BCUT2D eigenvalue weighted by molar-refractivity contribution is -0.000405. The minimum absolute atomic E-state index is 0.102. The molecule has 1 fully saturated rings. The number of amides is 1. The highest BCUT2D eigenvalue weighted by atomic mass is 16.6. The van der Waals surface area contributed by atoms with Gasteiger partial charge in [0.2, 0.25) is 0 Å². The average Bonchev–Trinajstić information content (AvgIpc) is 3.21. The number of likely N-dealkylation sites (tertiary alicyclic amines) is 1. The normalized spacial score (nSPS) is 14.5. The molecule has 1 saturated heterocycles. The third kappa shape index (κ3) is 3.45. The minimum Gasteiger partial charge on any atom is -0.494 e. The van der Waals surface area contributed by atoms with Gasteiger partial charge in [-0.05, 0) is 33.8 Å². The Morgan fingerprint density at radius 1 is 1.30 bits per heavy atom. The zero-order valence-electron chi connectivity index (χ0n) is 17.7. The van der Waals surface area contributed by atoms with Crippen molar-refractivity contribution in [2.45, 2.75) is 39.3 Å². The summed E-state index contributed by atoms with van der Waals surface area (Å²) in [6.45, 7) is 8.63. The zero-order valence-corrected chi connectivity index (χ0v) is 17.7. The Labute approximate surface area is 174 Å². The number of carbonyl (C=O) groups is 1. The second-order valence-electron chi connectivity index (χ2n) is 8.41. The van der Waals surface area contributed by atoms with Crippen LogP contribution in [0, 0.1) is 18.3 Å². The molecule has 0 aromatic carbocycles. The Bertz CT molecular complexity index is 1160. The first-order chi connectivity index (χ1) is 14.2. The third-order valence-corrected chi connectivity index (χ3v) is 5.03. The molecular formula is C21H24N6O3. The Hall–Kier alpha value is -3.54. The van der Waals surface area contributed by atoms with Gasteiger partial charge in [0.05, 0.1) is 25.0 Å². The van der Waals surface area contributed by atoms with E-state index in [0.29, 0.717) is 29.9 Å². The summed E-state index contributed by atoms with van der Waals surface area (Å²) in [4.78, 5) is 13.8. The number of aryl methyl sites for hydroxylation is 1. The number of fused-ring (bicyclic) bond motifs is 1. The van der Waals surface area contributed by atoms with Gasteiger partial charge in [0.1, 0.15) is 28.5 Å². The SMILES string of the molecule is COc1cc(-c2cn(C3CN(C(=O)OC(C)(C)C)C3)nc2C)cn2ncc(C#N)c12. The smallest absolute Gasteiger partial charge is 0.410 e. The summed E-state index contributed by atoms with van der Waals surface area (Å²) in [7, 11) is 1.57. The summed E-state index contributed by atoms with van der Waals surface area (Å²) in [6, 6.07) is 4.13. The summed E-state index contributed by atoms with van der Waals surface area (Å²) in [5, 5.41) is 18.2. The van der Waals surface area contributed by atoms with Crippen molar-refractivity contribution in [2.24, 2.45) is 0 Å². The predicted octanol–water partition coefficient (Wildman–Crippen LogP) is 3.18. The van der Waals surface area contributed by atoms with Crippen molar-refractivity contribution in [3.05, 3.63) is 35.9 Å². The van der Waals surface area contributed by atoms with Crippen LogP contribution in [0.25, 0.3) is 16.6 Å². The molecule has 1 aliphatic heterocycles. The molecule has 1 aliphatic rings. The summed E-state index contributed by atoms with van der Waals surface area (Å²) < 4.78 is 14.5. The maximum absolute atomic E-state index is 12.2. The number of ether oxygens (including phenoxy) is 2. The molecule has 0 unspecified atom stereocenters. The van der Waals surface area contributed by atoms with Crippen LogP contribution in [0.1, 0.15) is 38.1 Å². The second-order valence-corrected chi connectivity index (χ2v) is 8.41. The summed E-state index contributed by atoms with van der Waals surface area (Å²) in [5.41, 5.74) is 3.29. The van der Waals surface area contributed by atoms with Gasteiger partial charge in [-0.15, -0.1) is 0 Å². The lowest BCUT2D eigenvalue weighted by atomic mass is 10.1. The number of rotatable bonds is 3. The van der Waals surface area contributed by atoms with Gasteiger partial charge in [-0.1, -0.05) is 0 Å². The van der Waals surface area contributed by atoms with E-state index in [2.05, 4.69) is 16.3 Å². The van der Waals surface area contributed by atoms with E-state index in [1.165, 1.54) is 6.20 Å². The van der Waals surface area contributed by atoms with Crippen molar-refractivity contribution in [1.29, 1.82) is 5.26 Å². The molecule has 0 saturated carbocycles. The number of carbonyl (C=O) groups excluding carboxylic acids is 1. The molecule has 0 bridgehead atoms. The molecular weight excluding hydrogens is 384 g/mol. The molecule has 0 N–H and O–H groups in total. The largest absolute Gasteiger partial charge is 0.494 e. The van der Waals surface area contributed by atoms with Gasteiger partial charge < -0.3 is 14.4 Å². The fourth-order valence-electron chi connectivity index (χ4n) is 3.52. The van der Waals surface area contributed by atoms with Crippen LogP contribution in [0.3, 0.4) is 0 Å². The Balaban J connectivity index is 1.57. The van der Waals surface area contributed by atoms with Gasteiger partial charge in [0, 0.05) is 36.6 Å². The van der Waals surface area contributed by atoms with Crippen molar-refractivity contribution in [1.82, 2.24) is 24.3 Å². The van der Waals surface area contributed by atoms with Crippen LogP contribution in [0.4, 0.5) is 4.79 Å². The Morgan fingerprint density at radius 2 is 2.03 bits per heavy atom. The fraction of sp³-hybridized carbons (Fsp3) is 0.429. The highest BCUT2D eigenvalue weighted by molar-refractivity contribution is 5.76. The molecule has 0 radical (unpaired) electrons. The molecule has 9 nitrogen and oxygen atoms in total. The number of hydrogen-bond donors (Lipinski definition) is 0. The van der Waals surface area contributed by atoms with Gasteiger partial charge >= 0.3 is 6.09 Å². The number of pyridine rings is 1. The van der Waals surface area contributed by atoms with E-state index >= 15 is 0 Å². The van der Waals surface area contributed by atoms with Gasteiger partial charge in [0.15, 0.2) is 0 Å². The molecule has 0 spiro atoms. The van der Waals surface area contributed by atoms with Crippen LogP contribution >= 0.6 is 0 Å². The third-order valence-electron chi connectivity index (χ3n) is 5.03. The molecule has 4 rings (SSSR count). The monoisotopic (exact) mass is 408 g/mol. The first-order valence-corrected chi connectivity index (χ1v) is 9.69. The molecule has 156 valence electrons. The maximum Gasteiger partial charge on any atom is 0.410 e. The first-order valence-electron chi connectivity index (χ1n) is 9.69. The second kappa shape index (κ2) is 7.06. The van der Waals surface area contributed by atoms with Crippen LogP contribution in [0.5, 0.6) is 5.75 Å². The number of nitrogens with zero attached hydrogens (tertiary/aromatic N) is 6. The van der Waals surface area contributed by atoms with E-state index in [-0.39, 0.29) is 12.1 Å². The van der Waals surface area contributed by atoms with E-state index in [9.17, 15) is 10.1 Å². The molecule has 30 heavy (non-hydrogen) atoms. The van der Waals surface area contributed by atoms with Gasteiger partial charge in [-0.25, -0.2) is 9.31 Å². The summed E-state index contributed by atoms with van der Waals surface area (Å²) in [5.74, 6) is 0.577. The predicted molar refractivity (Wildman–Crippen MR) is 109 cm³/mol. The van der Waals surface area contributed by atoms with Crippen LogP contribution in [0.15, 0.2) is 24.7 Å². The molecule has 4 heterocycles. The molecule has 0 aliphatic carbocycles. The Kier molecular flexibility index (Phi) is 4.65. The van der Waals surface area contributed by atoms with E-state index in [1.807, 2.05) is 50.8 Å². The fourth-order valence-corrected chi connectivity index (χ4v) is 3.52. The van der Waals surface area contributed by atoms with Crippen LogP contribution < -0.4 is 4.74 Å². The number of methoxy groups -OCH3 is 1. The quantitative estimate of drug-likeness (QED) is 0.660. The number of hydrogen-bond acceptors (Lipinski definition) is 6. The van der Waals surface area contributed by atoms with Gasteiger partial charge in [-0.3, -0.25) is 4.68 Å². The molecule has 9 heteroatoms. The van der Waals surface area contributed by atoms with Crippen molar-refractivity contribution >= 4 is 11.6 Å². The molecule has 1 amide bonds. The van der Waals surface area contributed by atoms with Crippen molar-refractivity contribution < 1.29 is 14.3 Å². The molecule has 0 atom stereocenters. The lowest BCUT2D eigenvalue weighted by Crippen LogP contribution is -2.52. The molecule has 3 aromatic rings. The van der Waals surface area contributed by atoms with E-state index < -0.39 is 5.60 Å². The van der Waals surface area contributed by atoms with Crippen molar-refractivity contribution in [3.8, 4) is 22.9 Å². The van der Waals surface area contributed by atoms with Crippen LogP contribution in [-0.2, 0) is 4.74 Å². The first kappa shape index (κ1) is 19.8. The number of nitriles is 1.